The number of hydrogen-bond acceptors (Lipinski definition) is 2. The van der Waals surface area contributed by atoms with Crippen LogP contribution >= 0.6 is 0 Å². The van der Waals surface area contributed by atoms with Gasteiger partial charge in [0.1, 0.15) is 0 Å². The van der Waals surface area contributed by atoms with Crippen LogP contribution in [0.3, 0.4) is 0 Å². The Labute approximate surface area is 70.2 Å². The van der Waals surface area contributed by atoms with E-state index < -0.39 is 0 Å². The molecule has 0 aromatic heterocycles. The van der Waals surface area contributed by atoms with E-state index in [-0.39, 0.29) is 0 Å². The molecule has 1 heterocycles. The Hall–Kier alpha value is -0.0800. The summed E-state index contributed by atoms with van der Waals surface area (Å²) in [7, 11) is 4.43. The van der Waals surface area contributed by atoms with E-state index in [0.29, 0.717) is 6.04 Å². The molecule has 1 rings (SSSR count). The third kappa shape index (κ3) is 2.17. The van der Waals surface area contributed by atoms with Crippen LogP contribution in [0.15, 0.2) is 0 Å². The van der Waals surface area contributed by atoms with E-state index in [9.17, 15) is 0 Å². The van der Waals surface area contributed by atoms with Gasteiger partial charge in [0.25, 0.3) is 0 Å². The molecule has 2 nitrogen and oxygen atoms in total. The van der Waals surface area contributed by atoms with Crippen LogP contribution in [0.4, 0.5) is 0 Å². The zero-order chi connectivity index (χ0) is 8.43. The fourth-order valence-corrected chi connectivity index (χ4v) is 1.67. The first-order chi connectivity index (χ1) is 5.11. The monoisotopic (exact) mass is 156 g/mol. The predicted octanol–water partition coefficient (Wildman–Crippen LogP) is 1.03. The van der Waals surface area contributed by atoms with Crippen molar-refractivity contribution in [2.45, 2.75) is 32.4 Å². The number of likely N-dealkylation sites (N-methyl/N-ethyl adjacent to an activating group) is 2. The average Bonchev–Trinajstić information content (AvgIpc) is 2.34. The molecular weight excluding hydrogens is 136 g/mol. The van der Waals surface area contributed by atoms with Gasteiger partial charge in [-0.3, -0.25) is 4.90 Å². The van der Waals surface area contributed by atoms with Crippen LogP contribution in [0.1, 0.15) is 20.3 Å². The quantitative estimate of drug-likeness (QED) is 0.589. The summed E-state index contributed by atoms with van der Waals surface area (Å²) in [5, 5.41) is 0. The van der Waals surface area contributed by atoms with E-state index >= 15 is 0 Å². The lowest BCUT2D eigenvalue weighted by molar-refractivity contribution is 0.197. The largest absolute Gasteiger partial charge is 0.305 e. The Balaban J connectivity index is 2.36. The van der Waals surface area contributed by atoms with E-state index in [4.69, 9.17) is 0 Å². The minimum atomic E-state index is 0.687. The number of likely N-dealkylation sites (tertiary alicyclic amines) is 1. The summed E-state index contributed by atoms with van der Waals surface area (Å²) >= 11 is 0. The van der Waals surface area contributed by atoms with Crippen LogP contribution in [0, 0.1) is 0 Å². The maximum atomic E-state index is 2.48. The van der Waals surface area contributed by atoms with Gasteiger partial charge in [-0.05, 0) is 40.9 Å². The number of hydrogen-bond donors (Lipinski definition) is 0. The Bertz CT molecular complexity index is 123. The van der Waals surface area contributed by atoms with Crippen molar-refractivity contribution in [2.75, 3.05) is 27.2 Å². The van der Waals surface area contributed by atoms with Crippen LogP contribution in [0.25, 0.3) is 0 Å². The molecule has 11 heavy (non-hydrogen) atoms. The van der Waals surface area contributed by atoms with Gasteiger partial charge in [-0.25, -0.2) is 0 Å². The average molecular weight is 156 g/mol. The summed E-state index contributed by atoms with van der Waals surface area (Å²) in [5.41, 5.74) is 0. The third-order valence-electron chi connectivity index (χ3n) is 2.76. The Morgan fingerprint density at radius 1 is 1.45 bits per heavy atom. The van der Waals surface area contributed by atoms with E-state index in [1.807, 2.05) is 0 Å². The van der Waals surface area contributed by atoms with Gasteiger partial charge in [-0.15, -0.1) is 0 Å². The van der Waals surface area contributed by atoms with Gasteiger partial charge < -0.3 is 4.90 Å². The first-order valence-electron chi connectivity index (χ1n) is 4.51. The summed E-state index contributed by atoms with van der Waals surface area (Å²) in [4.78, 5) is 4.88. The van der Waals surface area contributed by atoms with Gasteiger partial charge >= 0.3 is 0 Å². The van der Waals surface area contributed by atoms with Gasteiger partial charge in [-0.1, -0.05) is 0 Å². The molecule has 0 radical (unpaired) electrons. The molecule has 2 heteroatoms. The topological polar surface area (TPSA) is 6.48 Å². The van der Waals surface area contributed by atoms with Crippen molar-refractivity contribution in [1.82, 2.24) is 9.80 Å². The molecule has 1 fully saturated rings. The van der Waals surface area contributed by atoms with Crippen molar-refractivity contribution in [1.29, 1.82) is 0 Å². The summed E-state index contributed by atoms with van der Waals surface area (Å²) in [6.45, 7) is 7.03. The molecule has 0 aromatic rings. The smallest absolute Gasteiger partial charge is 0.0234 e. The van der Waals surface area contributed by atoms with Crippen LogP contribution in [0.2, 0.25) is 0 Å². The van der Waals surface area contributed by atoms with Crippen LogP contribution in [-0.2, 0) is 0 Å². The summed E-state index contributed by atoms with van der Waals surface area (Å²) in [5.74, 6) is 0. The van der Waals surface area contributed by atoms with Crippen molar-refractivity contribution in [3.05, 3.63) is 0 Å². The van der Waals surface area contributed by atoms with Gasteiger partial charge in [0.2, 0.25) is 0 Å². The Kier molecular flexibility index (Phi) is 2.90. The number of nitrogens with zero attached hydrogens (tertiary/aromatic N) is 2. The summed E-state index contributed by atoms with van der Waals surface area (Å²) in [6.07, 6.45) is 1.34. The minimum Gasteiger partial charge on any atom is -0.305 e. The molecule has 1 aliphatic heterocycles. The van der Waals surface area contributed by atoms with Crippen molar-refractivity contribution >= 4 is 0 Å². The van der Waals surface area contributed by atoms with Gasteiger partial charge in [0.15, 0.2) is 0 Å². The Morgan fingerprint density at radius 3 is 2.45 bits per heavy atom. The number of rotatable bonds is 2. The molecule has 0 bridgehead atoms. The van der Waals surface area contributed by atoms with Gasteiger partial charge in [0.05, 0.1) is 0 Å². The molecule has 1 atom stereocenters. The van der Waals surface area contributed by atoms with Gasteiger partial charge in [-0.2, -0.15) is 0 Å². The molecule has 0 aliphatic carbocycles. The molecule has 1 saturated heterocycles. The normalized spacial score (nSPS) is 27.3. The van der Waals surface area contributed by atoms with E-state index in [1.165, 1.54) is 19.5 Å². The zero-order valence-corrected chi connectivity index (χ0v) is 8.17. The SMILES string of the molecule is CC(C)N(C)[C@H]1CCN(C)C1. The molecule has 0 N–H and O–H groups in total. The predicted molar refractivity (Wildman–Crippen MR) is 48.8 cm³/mol. The Morgan fingerprint density at radius 2 is 2.09 bits per heavy atom. The summed E-state index contributed by atoms with van der Waals surface area (Å²) < 4.78 is 0. The maximum Gasteiger partial charge on any atom is 0.0234 e. The fraction of sp³-hybridized carbons (Fsp3) is 1.00. The lowest BCUT2D eigenvalue weighted by Crippen LogP contribution is -2.38. The molecule has 0 spiro atoms. The molecule has 66 valence electrons. The third-order valence-corrected chi connectivity index (χ3v) is 2.76. The minimum absolute atomic E-state index is 0.687. The molecule has 0 saturated carbocycles. The highest BCUT2D eigenvalue weighted by molar-refractivity contribution is 4.81. The second-order valence-corrected chi connectivity index (χ2v) is 3.96. The molecule has 0 unspecified atom stereocenters. The van der Waals surface area contributed by atoms with Crippen molar-refractivity contribution < 1.29 is 0 Å². The van der Waals surface area contributed by atoms with Crippen LogP contribution < -0.4 is 0 Å². The molecule has 0 aromatic carbocycles. The lowest BCUT2D eigenvalue weighted by atomic mass is 10.2. The first-order valence-corrected chi connectivity index (χ1v) is 4.51. The van der Waals surface area contributed by atoms with E-state index in [1.54, 1.807) is 0 Å². The first kappa shape index (κ1) is 9.01. The molecule has 1 aliphatic rings. The van der Waals surface area contributed by atoms with Crippen molar-refractivity contribution in [2.24, 2.45) is 0 Å². The van der Waals surface area contributed by atoms with Crippen molar-refractivity contribution in [3.63, 3.8) is 0 Å². The standard InChI is InChI=1S/C9H20N2/c1-8(2)11(4)9-5-6-10(3)7-9/h8-9H,5-7H2,1-4H3/t9-/m0/s1. The van der Waals surface area contributed by atoms with Crippen LogP contribution in [-0.4, -0.2) is 49.1 Å². The highest BCUT2D eigenvalue weighted by Crippen LogP contribution is 2.14. The molecule has 0 amide bonds. The van der Waals surface area contributed by atoms with E-state index in [0.717, 1.165) is 6.04 Å². The highest BCUT2D eigenvalue weighted by atomic mass is 15.2. The van der Waals surface area contributed by atoms with Crippen LogP contribution in [0.5, 0.6) is 0 Å². The molecular formula is C9H20N2. The maximum absolute atomic E-state index is 2.48. The van der Waals surface area contributed by atoms with Crippen molar-refractivity contribution in [3.8, 4) is 0 Å². The van der Waals surface area contributed by atoms with E-state index in [2.05, 4.69) is 37.7 Å². The second-order valence-electron chi connectivity index (χ2n) is 3.96. The lowest BCUT2D eigenvalue weighted by Gasteiger charge is -2.27. The summed E-state index contributed by atoms with van der Waals surface area (Å²) in [6, 6.07) is 1.48. The fourth-order valence-electron chi connectivity index (χ4n) is 1.67. The highest BCUT2D eigenvalue weighted by Gasteiger charge is 2.24. The van der Waals surface area contributed by atoms with Gasteiger partial charge in [0, 0.05) is 18.6 Å². The second kappa shape index (κ2) is 3.55. The zero-order valence-electron chi connectivity index (χ0n) is 8.17.